The predicted molar refractivity (Wildman–Crippen MR) is 52.5 cm³/mol. The number of nitriles is 1. The lowest BCUT2D eigenvalue weighted by molar-refractivity contribution is 0.172. The van der Waals surface area contributed by atoms with Gasteiger partial charge in [-0.25, -0.2) is 0 Å². The highest BCUT2D eigenvalue weighted by Gasteiger charge is 2.35. The van der Waals surface area contributed by atoms with Crippen molar-refractivity contribution in [1.82, 2.24) is 0 Å². The fourth-order valence-electron chi connectivity index (χ4n) is 1.22. The van der Waals surface area contributed by atoms with Gasteiger partial charge in [-0.2, -0.15) is 5.26 Å². The molecule has 0 fully saturated rings. The highest BCUT2D eigenvalue weighted by atomic mass is 14.4. The Hall–Kier alpha value is -0.770. The zero-order valence-corrected chi connectivity index (χ0v) is 8.81. The number of hydrogen-bond acceptors (Lipinski definition) is 1. The van der Waals surface area contributed by atoms with Gasteiger partial charge >= 0.3 is 0 Å². The zero-order chi connectivity index (χ0) is 9.99. The van der Waals surface area contributed by atoms with Gasteiger partial charge in [0, 0.05) is 0 Å². The van der Waals surface area contributed by atoms with E-state index >= 15 is 0 Å². The molecule has 0 heterocycles. The second-order valence-corrected chi connectivity index (χ2v) is 4.69. The minimum Gasteiger partial charge on any atom is -0.197 e. The standard InChI is InChI=1S/C11H19N/c1-7-11(6,8-12)9(2)10(3,4)5/h7,9H,1H2,2-6H3/t9-,11+/m0/s1. The average molecular weight is 165 g/mol. The van der Waals surface area contributed by atoms with Gasteiger partial charge in [0.05, 0.1) is 11.5 Å². The van der Waals surface area contributed by atoms with Crippen molar-refractivity contribution < 1.29 is 0 Å². The molecule has 0 rings (SSSR count). The summed E-state index contributed by atoms with van der Waals surface area (Å²) in [6, 6.07) is 2.32. The van der Waals surface area contributed by atoms with Gasteiger partial charge in [0.25, 0.3) is 0 Å². The molecule has 0 amide bonds. The van der Waals surface area contributed by atoms with Crippen molar-refractivity contribution in [3.05, 3.63) is 12.7 Å². The third-order valence-corrected chi connectivity index (χ3v) is 2.86. The lowest BCUT2D eigenvalue weighted by Gasteiger charge is -2.36. The highest BCUT2D eigenvalue weighted by molar-refractivity contribution is 5.11. The Bertz CT molecular complexity index is 204. The predicted octanol–water partition coefficient (Wildman–Crippen LogP) is 3.38. The van der Waals surface area contributed by atoms with Crippen LogP contribution in [0.2, 0.25) is 0 Å². The number of rotatable bonds is 2. The van der Waals surface area contributed by atoms with E-state index in [1.807, 2.05) is 6.92 Å². The second kappa shape index (κ2) is 3.31. The second-order valence-electron chi connectivity index (χ2n) is 4.69. The number of hydrogen-bond donors (Lipinski definition) is 0. The van der Waals surface area contributed by atoms with Crippen LogP contribution in [-0.4, -0.2) is 0 Å². The van der Waals surface area contributed by atoms with Crippen LogP contribution in [0.15, 0.2) is 12.7 Å². The SMILES string of the molecule is C=C[C@](C)(C#N)[C@@H](C)C(C)(C)C. The van der Waals surface area contributed by atoms with Crippen LogP contribution in [0.25, 0.3) is 0 Å². The maximum atomic E-state index is 9.00. The van der Waals surface area contributed by atoms with Gasteiger partial charge in [-0.3, -0.25) is 0 Å². The third-order valence-electron chi connectivity index (χ3n) is 2.86. The summed E-state index contributed by atoms with van der Waals surface area (Å²) < 4.78 is 0. The molecule has 0 aliphatic carbocycles. The van der Waals surface area contributed by atoms with Gasteiger partial charge in [-0.1, -0.05) is 33.8 Å². The highest BCUT2D eigenvalue weighted by Crippen LogP contribution is 2.40. The van der Waals surface area contributed by atoms with Crippen molar-refractivity contribution in [1.29, 1.82) is 5.26 Å². The molecule has 0 bridgehead atoms. The van der Waals surface area contributed by atoms with Gasteiger partial charge in [-0.15, -0.1) is 6.58 Å². The summed E-state index contributed by atoms with van der Waals surface area (Å²) in [7, 11) is 0. The topological polar surface area (TPSA) is 23.8 Å². The van der Waals surface area contributed by atoms with E-state index in [2.05, 4.69) is 40.3 Å². The van der Waals surface area contributed by atoms with E-state index in [0.29, 0.717) is 5.92 Å². The van der Waals surface area contributed by atoms with E-state index in [4.69, 9.17) is 5.26 Å². The quantitative estimate of drug-likeness (QED) is 0.575. The molecule has 0 aliphatic rings. The minimum atomic E-state index is -0.405. The first-order valence-corrected chi connectivity index (χ1v) is 4.33. The van der Waals surface area contributed by atoms with E-state index in [1.54, 1.807) is 6.08 Å². The maximum absolute atomic E-state index is 9.00. The van der Waals surface area contributed by atoms with E-state index in [0.717, 1.165) is 0 Å². The molecule has 0 saturated carbocycles. The molecular weight excluding hydrogens is 146 g/mol. The summed E-state index contributed by atoms with van der Waals surface area (Å²) in [5.74, 6) is 0.312. The van der Waals surface area contributed by atoms with Crippen LogP contribution in [0.1, 0.15) is 34.6 Å². The molecule has 0 radical (unpaired) electrons. The van der Waals surface area contributed by atoms with Crippen LogP contribution in [0.4, 0.5) is 0 Å². The van der Waals surface area contributed by atoms with Crippen LogP contribution in [0.5, 0.6) is 0 Å². The maximum Gasteiger partial charge on any atom is 0.0753 e. The first-order valence-electron chi connectivity index (χ1n) is 4.33. The lowest BCUT2D eigenvalue weighted by atomic mass is 9.66. The molecule has 0 N–H and O–H groups in total. The van der Waals surface area contributed by atoms with E-state index in [9.17, 15) is 0 Å². The Kier molecular flexibility index (Phi) is 3.10. The van der Waals surface area contributed by atoms with Crippen molar-refractivity contribution in [2.45, 2.75) is 34.6 Å². The van der Waals surface area contributed by atoms with Crippen LogP contribution in [0, 0.1) is 28.1 Å². The fraction of sp³-hybridized carbons (Fsp3) is 0.727. The molecule has 0 unspecified atom stereocenters. The Balaban J connectivity index is 4.80. The summed E-state index contributed by atoms with van der Waals surface area (Å²) in [6.45, 7) is 14.2. The molecule has 0 aromatic carbocycles. The summed E-state index contributed by atoms with van der Waals surface area (Å²) in [6.07, 6.45) is 1.75. The monoisotopic (exact) mass is 165 g/mol. The van der Waals surface area contributed by atoms with Crippen LogP contribution >= 0.6 is 0 Å². The van der Waals surface area contributed by atoms with Crippen molar-refractivity contribution in [3.8, 4) is 6.07 Å². The summed E-state index contributed by atoms with van der Waals surface area (Å²) >= 11 is 0. The number of nitrogens with zero attached hydrogens (tertiary/aromatic N) is 1. The van der Waals surface area contributed by atoms with E-state index < -0.39 is 5.41 Å². The normalized spacial score (nSPS) is 19.0. The van der Waals surface area contributed by atoms with Crippen LogP contribution < -0.4 is 0 Å². The molecule has 1 heteroatoms. The smallest absolute Gasteiger partial charge is 0.0753 e. The Morgan fingerprint density at radius 3 is 1.83 bits per heavy atom. The molecule has 0 saturated heterocycles. The average Bonchev–Trinajstić information content (AvgIpc) is 2.00. The molecule has 0 aliphatic heterocycles. The first kappa shape index (κ1) is 11.2. The molecule has 2 atom stereocenters. The lowest BCUT2D eigenvalue weighted by Crippen LogP contribution is -2.31. The minimum absolute atomic E-state index is 0.151. The Labute approximate surface area is 76.1 Å². The molecule has 0 spiro atoms. The first-order chi connectivity index (χ1) is 5.28. The van der Waals surface area contributed by atoms with Gasteiger partial charge in [0.2, 0.25) is 0 Å². The van der Waals surface area contributed by atoms with Crippen LogP contribution in [-0.2, 0) is 0 Å². The van der Waals surface area contributed by atoms with Gasteiger partial charge in [-0.05, 0) is 18.3 Å². The molecule has 68 valence electrons. The fourth-order valence-corrected chi connectivity index (χ4v) is 1.22. The molecular formula is C11H19N. The van der Waals surface area contributed by atoms with Crippen LogP contribution in [0.3, 0.4) is 0 Å². The Morgan fingerprint density at radius 1 is 1.33 bits per heavy atom. The molecule has 1 nitrogen and oxygen atoms in total. The molecule has 0 aromatic heterocycles. The number of allylic oxidation sites excluding steroid dienone is 1. The Morgan fingerprint density at radius 2 is 1.75 bits per heavy atom. The van der Waals surface area contributed by atoms with Crippen molar-refractivity contribution in [2.24, 2.45) is 16.7 Å². The molecule has 12 heavy (non-hydrogen) atoms. The summed E-state index contributed by atoms with van der Waals surface area (Å²) in [5.41, 5.74) is -0.253. The largest absolute Gasteiger partial charge is 0.197 e. The van der Waals surface area contributed by atoms with Crippen molar-refractivity contribution in [2.75, 3.05) is 0 Å². The van der Waals surface area contributed by atoms with E-state index in [-0.39, 0.29) is 5.41 Å². The van der Waals surface area contributed by atoms with Gasteiger partial charge in [0.15, 0.2) is 0 Å². The van der Waals surface area contributed by atoms with E-state index in [1.165, 1.54) is 0 Å². The van der Waals surface area contributed by atoms with Gasteiger partial charge in [0.1, 0.15) is 0 Å². The van der Waals surface area contributed by atoms with Gasteiger partial charge < -0.3 is 0 Å². The van der Waals surface area contributed by atoms with Crippen molar-refractivity contribution in [3.63, 3.8) is 0 Å². The third kappa shape index (κ3) is 2.11. The summed E-state index contributed by atoms with van der Waals surface area (Å²) in [5, 5.41) is 9.00. The summed E-state index contributed by atoms with van der Waals surface area (Å²) in [4.78, 5) is 0. The zero-order valence-electron chi connectivity index (χ0n) is 8.81. The van der Waals surface area contributed by atoms with Crippen molar-refractivity contribution >= 4 is 0 Å². The molecule has 0 aromatic rings.